The minimum absolute atomic E-state index is 0. The van der Waals surface area contributed by atoms with E-state index in [1.54, 1.807) is 19.1 Å². The zero-order valence-electron chi connectivity index (χ0n) is 11.6. The van der Waals surface area contributed by atoms with Crippen LogP contribution in [-0.4, -0.2) is 16.3 Å². The zero-order valence-corrected chi connectivity index (χ0v) is 13.1. The molecule has 0 bridgehead atoms. The van der Waals surface area contributed by atoms with Gasteiger partial charge in [-0.25, -0.2) is 0 Å². The van der Waals surface area contributed by atoms with Gasteiger partial charge in [0, 0.05) is 10.6 Å². The average Bonchev–Trinajstić information content (AvgIpc) is 2.29. The van der Waals surface area contributed by atoms with Crippen molar-refractivity contribution in [2.75, 3.05) is 0 Å². The molecule has 1 rings (SSSR count). The van der Waals surface area contributed by atoms with Crippen LogP contribution in [-0.2, 0) is 0 Å². The van der Waals surface area contributed by atoms with Crippen LogP contribution >= 0.6 is 24.0 Å². The van der Waals surface area contributed by atoms with Crippen molar-refractivity contribution in [2.24, 2.45) is 11.7 Å². The molecule has 3 nitrogen and oxygen atoms in total. The van der Waals surface area contributed by atoms with E-state index < -0.39 is 12.1 Å². The number of benzene rings is 1. The molecule has 5 heteroatoms. The highest BCUT2D eigenvalue weighted by Gasteiger charge is 2.21. The molecule has 19 heavy (non-hydrogen) atoms. The Labute approximate surface area is 126 Å². The maximum Gasteiger partial charge on any atom is 0.123 e. The molecule has 1 aromatic rings. The van der Waals surface area contributed by atoms with Crippen molar-refractivity contribution in [3.8, 4) is 5.75 Å². The van der Waals surface area contributed by atoms with Crippen molar-refractivity contribution < 1.29 is 10.2 Å². The molecule has 0 saturated heterocycles. The number of aliphatic hydroxyl groups is 1. The lowest BCUT2D eigenvalue weighted by Gasteiger charge is -2.21. The summed E-state index contributed by atoms with van der Waals surface area (Å²) in [5.74, 6) is 0.636. The fraction of sp³-hybridized carbons (Fsp3) is 0.571. The maximum atomic E-state index is 10.0. The summed E-state index contributed by atoms with van der Waals surface area (Å²) >= 11 is 5.95. The van der Waals surface area contributed by atoms with Crippen LogP contribution in [0.4, 0.5) is 0 Å². The van der Waals surface area contributed by atoms with E-state index in [0.717, 1.165) is 6.42 Å². The van der Waals surface area contributed by atoms with Crippen molar-refractivity contribution in [1.29, 1.82) is 0 Å². The molecule has 0 aromatic heterocycles. The maximum absolute atomic E-state index is 10.0. The Kier molecular flexibility index (Phi) is 7.75. The van der Waals surface area contributed by atoms with Crippen LogP contribution in [0.25, 0.3) is 0 Å². The number of rotatable bonds is 5. The lowest BCUT2D eigenvalue weighted by atomic mass is 9.94. The van der Waals surface area contributed by atoms with E-state index in [0.29, 0.717) is 28.5 Å². The predicted octanol–water partition coefficient (Wildman–Crippen LogP) is 3.57. The van der Waals surface area contributed by atoms with Gasteiger partial charge in [0.25, 0.3) is 0 Å². The second kappa shape index (κ2) is 7.95. The molecule has 0 unspecified atom stereocenters. The van der Waals surface area contributed by atoms with Crippen LogP contribution in [0.2, 0.25) is 5.02 Å². The van der Waals surface area contributed by atoms with Gasteiger partial charge in [-0.2, -0.15) is 0 Å². The number of phenolic OH excluding ortho intramolecular Hbond substituents is 1. The first-order valence-electron chi connectivity index (χ1n) is 6.25. The number of halogens is 2. The minimum Gasteiger partial charge on any atom is -0.507 e. The minimum atomic E-state index is -0.670. The van der Waals surface area contributed by atoms with Crippen LogP contribution in [0, 0.1) is 12.8 Å². The topological polar surface area (TPSA) is 66.5 Å². The van der Waals surface area contributed by atoms with Gasteiger partial charge in [-0.3, -0.25) is 0 Å². The van der Waals surface area contributed by atoms with Gasteiger partial charge < -0.3 is 15.9 Å². The molecule has 0 saturated carbocycles. The lowest BCUT2D eigenvalue weighted by molar-refractivity contribution is 0.127. The molecule has 0 aliphatic rings. The average molecular weight is 308 g/mol. The summed E-state index contributed by atoms with van der Waals surface area (Å²) in [5, 5.41) is 20.5. The van der Waals surface area contributed by atoms with Gasteiger partial charge in [-0.05, 0) is 43.4 Å². The number of hydrogen-bond acceptors (Lipinski definition) is 3. The molecule has 0 heterocycles. The van der Waals surface area contributed by atoms with Crippen LogP contribution in [0.3, 0.4) is 0 Å². The highest BCUT2D eigenvalue weighted by molar-refractivity contribution is 6.30. The highest BCUT2D eigenvalue weighted by atomic mass is 35.5. The summed E-state index contributed by atoms with van der Waals surface area (Å²) in [6.45, 7) is 5.95. The Hall–Kier alpha value is -0.480. The third-order valence-corrected chi connectivity index (χ3v) is 3.33. The van der Waals surface area contributed by atoms with Gasteiger partial charge in [0.05, 0.1) is 12.1 Å². The number of nitrogens with two attached hydrogens (primary N) is 1. The molecule has 0 radical (unpaired) electrons. The second-order valence-corrected chi connectivity index (χ2v) is 5.66. The summed E-state index contributed by atoms with van der Waals surface area (Å²) in [4.78, 5) is 0. The van der Waals surface area contributed by atoms with Gasteiger partial charge >= 0.3 is 0 Å². The quantitative estimate of drug-likeness (QED) is 0.779. The molecule has 0 aliphatic heterocycles. The molecular formula is C14H23Cl2NO2. The van der Waals surface area contributed by atoms with E-state index >= 15 is 0 Å². The van der Waals surface area contributed by atoms with Gasteiger partial charge in [0.15, 0.2) is 0 Å². The van der Waals surface area contributed by atoms with E-state index in [-0.39, 0.29) is 18.2 Å². The molecule has 0 fully saturated rings. The Morgan fingerprint density at radius 1 is 1.26 bits per heavy atom. The molecule has 1 aromatic carbocycles. The van der Waals surface area contributed by atoms with Crippen LogP contribution in [0.5, 0.6) is 5.75 Å². The Bertz CT molecular complexity index is 411. The number of aromatic hydroxyl groups is 1. The number of hydrogen-bond donors (Lipinski definition) is 3. The van der Waals surface area contributed by atoms with Gasteiger partial charge in [0.1, 0.15) is 5.75 Å². The van der Waals surface area contributed by atoms with Crippen LogP contribution in [0.1, 0.15) is 43.9 Å². The number of phenols is 1. The fourth-order valence-electron chi connectivity index (χ4n) is 1.91. The number of aryl methyl sites for hydroxylation is 1. The summed E-state index contributed by atoms with van der Waals surface area (Å²) in [7, 11) is 0. The van der Waals surface area contributed by atoms with Gasteiger partial charge in [-0.1, -0.05) is 25.4 Å². The van der Waals surface area contributed by atoms with Crippen molar-refractivity contribution >= 4 is 24.0 Å². The monoisotopic (exact) mass is 307 g/mol. The van der Waals surface area contributed by atoms with E-state index in [1.807, 2.05) is 0 Å². The summed E-state index contributed by atoms with van der Waals surface area (Å²) in [5.41, 5.74) is 7.18. The first kappa shape index (κ1) is 18.5. The molecule has 2 atom stereocenters. The van der Waals surface area contributed by atoms with Crippen LogP contribution in [0.15, 0.2) is 12.1 Å². The van der Waals surface area contributed by atoms with E-state index in [2.05, 4.69) is 13.8 Å². The summed E-state index contributed by atoms with van der Waals surface area (Å²) < 4.78 is 0. The lowest BCUT2D eigenvalue weighted by Crippen LogP contribution is -2.26. The third-order valence-electron chi connectivity index (χ3n) is 3.11. The Balaban J connectivity index is 0.00000324. The predicted molar refractivity (Wildman–Crippen MR) is 82.1 cm³/mol. The zero-order chi connectivity index (χ0) is 13.9. The van der Waals surface area contributed by atoms with Crippen LogP contribution < -0.4 is 5.73 Å². The first-order chi connectivity index (χ1) is 8.32. The summed E-state index contributed by atoms with van der Waals surface area (Å²) in [6.07, 6.45) is 0.843. The van der Waals surface area contributed by atoms with Crippen molar-refractivity contribution in [3.63, 3.8) is 0 Å². The van der Waals surface area contributed by atoms with E-state index in [9.17, 15) is 10.2 Å². The molecule has 0 spiro atoms. The molecular weight excluding hydrogens is 285 g/mol. The highest BCUT2D eigenvalue weighted by Crippen LogP contribution is 2.32. The largest absolute Gasteiger partial charge is 0.507 e. The van der Waals surface area contributed by atoms with Gasteiger partial charge in [-0.15, -0.1) is 12.4 Å². The Morgan fingerprint density at radius 2 is 1.84 bits per heavy atom. The third kappa shape index (κ3) is 5.19. The number of aliphatic hydroxyl groups excluding tert-OH is 1. The van der Waals surface area contributed by atoms with E-state index in [1.165, 1.54) is 0 Å². The second-order valence-electron chi connectivity index (χ2n) is 5.22. The van der Waals surface area contributed by atoms with Gasteiger partial charge in [0.2, 0.25) is 0 Å². The van der Waals surface area contributed by atoms with E-state index in [4.69, 9.17) is 17.3 Å². The smallest absolute Gasteiger partial charge is 0.123 e. The van der Waals surface area contributed by atoms with Crippen molar-refractivity contribution in [1.82, 2.24) is 0 Å². The van der Waals surface area contributed by atoms with Crippen molar-refractivity contribution in [3.05, 3.63) is 28.3 Å². The normalized spacial score (nSPS) is 14.1. The molecule has 110 valence electrons. The fourth-order valence-corrected chi connectivity index (χ4v) is 2.19. The Morgan fingerprint density at radius 3 is 2.37 bits per heavy atom. The first-order valence-corrected chi connectivity index (χ1v) is 6.63. The molecule has 0 amide bonds. The SMILES string of the molecule is Cc1cc(Cl)cc([C@@H](N)[C@@H](O)CCC(C)C)c1O.Cl. The molecule has 4 N–H and O–H groups in total. The standard InChI is InChI=1S/C14H22ClNO2.ClH/c1-8(2)4-5-12(17)13(16)11-7-10(15)6-9(3)14(11)18;/h6-8,12-13,17-18H,4-5,16H2,1-3H3;1H/t12-,13+;/m0./s1. The molecule has 0 aliphatic carbocycles. The van der Waals surface area contributed by atoms with Crippen molar-refractivity contribution in [2.45, 2.75) is 45.8 Å². The summed E-state index contributed by atoms with van der Waals surface area (Å²) in [6, 6.07) is 2.68.